The van der Waals surface area contributed by atoms with Crippen LogP contribution in [0.2, 0.25) is 0 Å². The molecule has 0 saturated carbocycles. The minimum absolute atomic E-state index is 0.0603. The molecule has 2 atom stereocenters. The van der Waals surface area contributed by atoms with Gasteiger partial charge in [-0.3, -0.25) is 9.59 Å². The predicted molar refractivity (Wildman–Crippen MR) is 116 cm³/mol. The van der Waals surface area contributed by atoms with Gasteiger partial charge in [0.25, 0.3) is 5.91 Å². The Morgan fingerprint density at radius 3 is 2.07 bits per heavy atom. The van der Waals surface area contributed by atoms with Crippen LogP contribution in [-0.4, -0.2) is 35.4 Å². The van der Waals surface area contributed by atoms with Crippen LogP contribution < -0.4 is 10.1 Å². The van der Waals surface area contributed by atoms with Crippen LogP contribution in [0.4, 0.5) is 0 Å². The second-order valence-corrected chi connectivity index (χ2v) is 7.60. The van der Waals surface area contributed by atoms with E-state index in [1.165, 1.54) is 0 Å². The molecule has 1 N–H and O–H groups in total. The molecule has 0 heterocycles. The molecule has 0 aliphatic carbocycles. The standard InChI is InChI=1S/C24H32N2O3/c1-6-19(4)25-24(28)20(5)26(15-21-11-7-17(2)8-12-21)23(27)16-29-22-13-9-18(3)10-14-22/h7-14,19-20H,6,15-16H2,1-5H3,(H,25,28)/t19-,20-/m0/s1. The summed E-state index contributed by atoms with van der Waals surface area (Å²) in [6.45, 7) is 9.98. The fraction of sp³-hybridized carbons (Fsp3) is 0.417. The Bertz CT molecular complexity index is 800. The number of benzene rings is 2. The number of nitrogens with one attached hydrogen (secondary N) is 1. The summed E-state index contributed by atoms with van der Waals surface area (Å²) in [5.41, 5.74) is 3.25. The summed E-state index contributed by atoms with van der Waals surface area (Å²) >= 11 is 0. The van der Waals surface area contributed by atoms with Crippen LogP contribution in [0.25, 0.3) is 0 Å². The molecule has 0 spiro atoms. The predicted octanol–water partition coefficient (Wildman–Crippen LogP) is 4.01. The molecule has 0 aliphatic heterocycles. The van der Waals surface area contributed by atoms with Gasteiger partial charge in [0, 0.05) is 12.6 Å². The molecule has 0 fully saturated rings. The van der Waals surface area contributed by atoms with Crippen LogP contribution >= 0.6 is 0 Å². The molecule has 0 aromatic heterocycles. The fourth-order valence-electron chi connectivity index (χ4n) is 2.80. The van der Waals surface area contributed by atoms with Gasteiger partial charge in [-0.15, -0.1) is 0 Å². The SMILES string of the molecule is CC[C@H](C)NC(=O)[C@H](C)N(Cc1ccc(C)cc1)C(=O)COc1ccc(C)cc1. The van der Waals surface area contributed by atoms with E-state index in [2.05, 4.69) is 5.32 Å². The largest absolute Gasteiger partial charge is 0.484 e. The van der Waals surface area contributed by atoms with Crippen molar-refractivity contribution in [3.8, 4) is 5.75 Å². The van der Waals surface area contributed by atoms with Crippen molar-refractivity contribution >= 4 is 11.8 Å². The van der Waals surface area contributed by atoms with Crippen LogP contribution in [0.1, 0.15) is 43.9 Å². The first-order valence-electron chi connectivity index (χ1n) is 10.1. The third-order valence-corrected chi connectivity index (χ3v) is 5.03. The van der Waals surface area contributed by atoms with Gasteiger partial charge in [-0.25, -0.2) is 0 Å². The number of carbonyl (C=O) groups excluding carboxylic acids is 2. The number of aryl methyl sites for hydroxylation is 2. The van der Waals surface area contributed by atoms with Gasteiger partial charge < -0.3 is 15.0 Å². The van der Waals surface area contributed by atoms with Gasteiger partial charge in [0.1, 0.15) is 11.8 Å². The lowest BCUT2D eigenvalue weighted by Gasteiger charge is -2.29. The quantitative estimate of drug-likeness (QED) is 0.697. The van der Waals surface area contributed by atoms with Crippen molar-refractivity contribution in [2.75, 3.05) is 6.61 Å². The van der Waals surface area contributed by atoms with Crippen LogP contribution in [0.15, 0.2) is 48.5 Å². The zero-order valence-electron chi connectivity index (χ0n) is 18.1. The highest BCUT2D eigenvalue weighted by molar-refractivity contribution is 5.88. The second-order valence-electron chi connectivity index (χ2n) is 7.60. The molecule has 0 radical (unpaired) electrons. The summed E-state index contributed by atoms with van der Waals surface area (Å²) in [6, 6.07) is 15.0. The van der Waals surface area contributed by atoms with Crippen molar-refractivity contribution in [2.24, 2.45) is 0 Å². The van der Waals surface area contributed by atoms with Gasteiger partial charge in [0.15, 0.2) is 6.61 Å². The Balaban J connectivity index is 2.13. The maximum atomic E-state index is 13.0. The molecule has 156 valence electrons. The molecule has 0 unspecified atom stereocenters. The molecule has 0 saturated heterocycles. The number of amides is 2. The van der Waals surface area contributed by atoms with Gasteiger partial charge in [-0.1, -0.05) is 54.4 Å². The number of carbonyl (C=O) groups is 2. The first-order valence-corrected chi connectivity index (χ1v) is 10.1. The second kappa shape index (κ2) is 10.6. The van der Waals surface area contributed by atoms with Gasteiger partial charge in [-0.05, 0) is 51.8 Å². The molecule has 2 aromatic rings. The normalized spacial score (nSPS) is 12.7. The molecular formula is C24H32N2O3. The minimum atomic E-state index is -0.598. The van der Waals surface area contributed by atoms with Gasteiger partial charge in [-0.2, -0.15) is 0 Å². The Kier molecular flexibility index (Phi) is 8.25. The zero-order valence-corrected chi connectivity index (χ0v) is 18.1. The molecule has 5 heteroatoms. The van der Waals surface area contributed by atoms with Crippen molar-refractivity contribution in [1.29, 1.82) is 0 Å². The Labute approximate surface area is 174 Å². The number of hydrogen-bond acceptors (Lipinski definition) is 3. The molecule has 2 amide bonds. The number of ether oxygens (including phenoxy) is 1. The molecule has 29 heavy (non-hydrogen) atoms. The fourth-order valence-corrected chi connectivity index (χ4v) is 2.80. The van der Waals surface area contributed by atoms with E-state index in [1.54, 1.807) is 11.8 Å². The zero-order chi connectivity index (χ0) is 21.4. The molecule has 0 bridgehead atoms. The topological polar surface area (TPSA) is 58.6 Å². The van der Waals surface area contributed by atoms with Gasteiger partial charge >= 0.3 is 0 Å². The van der Waals surface area contributed by atoms with E-state index in [0.29, 0.717) is 12.3 Å². The molecular weight excluding hydrogens is 364 g/mol. The number of nitrogens with zero attached hydrogens (tertiary/aromatic N) is 1. The van der Waals surface area contributed by atoms with Crippen LogP contribution in [0.5, 0.6) is 5.75 Å². The summed E-state index contributed by atoms with van der Waals surface area (Å²) in [7, 11) is 0. The number of rotatable bonds is 9. The number of hydrogen-bond donors (Lipinski definition) is 1. The van der Waals surface area contributed by atoms with E-state index < -0.39 is 6.04 Å². The third kappa shape index (κ3) is 6.93. The van der Waals surface area contributed by atoms with Crippen molar-refractivity contribution in [1.82, 2.24) is 10.2 Å². The maximum Gasteiger partial charge on any atom is 0.261 e. The third-order valence-electron chi connectivity index (χ3n) is 5.03. The lowest BCUT2D eigenvalue weighted by molar-refractivity contribution is -0.142. The Hall–Kier alpha value is -2.82. The lowest BCUT2D eigenvalue weighted by atomic mass is 10.1. The first kappa shape index (κ1) is 22.5. The van der Waals surface area contributed by atoms with Crippen LogP contribution in [-0.2, 0) is 16.1 Å². The first-order chi connectivity index (χ1) is 13.8. The lowest BCUT2D eigenvalue weighted by Crippen LogP contribution is -2.50. The molecule has 2 aromatic carbocycles. The molecule has 2 rings (SSSR count). The van der Waals surface area contributed by atoms with Gasteiger partial charge in [0.2, 0.25) is 5.91 Å². The minimum Gasteiger partial charge on any atom is -0.484 e. The average Bonchev–Trinajstić information content (AvgIpc) is 2.72. The maximum absolute atomic E-state index is 13.0. The summed E-state index contributed by atoms with van der Waals surface area (Å²) in [4.78, 5) is 27.2. The van der Waals surface area contributed by atoms with E-state index in [1.807, 2.05) is 76.2 Å². The summed E-state index contributed by atoms with van der Waals surface area (Å²) in [5.74, 6) is 0.254. The van der Waals surface area contributed by atoms with Crippen molar-refractivity contribution in [3.05, 3.63) is 65.2 Å². The molecule has 5 nitrogen and oxygen atoms in total. The highest BCUT2D eigenvalue weighted by atomic mass is 16.5. The summed E-state index contributed by atoms with van der Waals surface area (Å²) in [5, 5.41) is 2.97. The summed E-state index contributed by atoms with van der Waals surface area (Å²) < 4.78 is 5.67. The smallest absolute Gasteiger partial charge is 0.261 e. The Morgan fingerprint density at radius 2 is 1.52 bits per heavy atom. The van der Waals surface area contributed by atoms with Crippen LogP contribution in [0, 0.1) is 13.8 Å². The van der Waals surface area contributed by atoms with Crippen LogP contribution in [0.3, 0.4) is 0 Å². The highest BCUT2D eigenvalue weighted by Gasteiger charge is 2.27. The van der Waals surface area contributed by atoms with E-state index in [9.17, 15) is 9.59 Å². The molecule has 0 aliphatic rings. The van der Waals surface area contributed by atoms with Crippen molar-refractivity contribution < 1.29 is 14.3 Å². The van der Waals surface area contributed by atoms with Crippen molar-refractivity contribution in [2.45, 2.75) is 59.7 Å². The van der Waals surface area contributed by atoms with Crippen molar-refractivity contribution in [3.63, 3.8) is 0 Å². The Morgan fingerprint density at radius 1 is 0.966 bits per heavy atom. The van der Waals surface area contributed by atoms with Gasteiger partial charge in [0.05, 0.1) is 0 Å². The monoisotopic (exact) mass is 396 g/mol. The van der Waals surface area contributed by atoms with E-state index in [-0.39, 0.29) is 24.5 Å². The highest BCUT2D eigenvalue weighted by Crippen LogP contribution is 2.14. The van der Waals surface area contributed by atoms with E-state index >= 15 is 0 Å². The van der Waals surface area contributed by atoms with E-state index in [4.69, 9.17) is 4.74 Å². The average molecular weight is 397 g/mol. The van der Waals surface area contributed by atoms with E-state index in [0.717, 1.165) is 23.1 Å². The summed E-state index contributed by atoms with van der Waals surface area (Å²) in [6.07, 6.45) is 0.834.